The van der Waals surface area contributed by atoms with E-state index >= 15 is 0 Å². The lowest BCUT2D eigenvalue weighted by atomic mass is 9.88. The predicted molar refractivity (Wildman–Crippen MR) is 81.2 cm³/mol. The Bertz CT molecular complexity index is 341. The van der Waals surface area contributed by atoms with Crippen molar-refractivity contribution in [2.24, 2.45) is 11.1 Å². The standard InChI is InChI=1S/C16H28N2/c1-5-6-14-7-9-15(10-8-14)18(4)13-16(2,3)11-12-17/h7-10H,5-6,11-13,17H2,1-4H3. The number of rotatable bonds is 7. The summed E-state index contributed by atoms with van der Waals surface area (Å²) in [5, 5.41) is 0. The molecule has 2 nitrogen and oxygen atoms in total. The van der Waals surface area contributed by atoms with Crippen molar-refractivity contribution in [2.75, 3.05) is 25.0 Å². The van der Waals surface area contributed by atoms with Gasteiger partial charge in [-0.05, 0) is 42.5 Å². The van der Waals surface area contributed by atoms with E-state index in [0.29, 0.717) is 0 Å². The molecule has 0 saturated heterocycles. The van der Waals surface area contributed by atoms with E-state index in [1.165, 1.54) is 24.1 Å². The van der Waals surface area contributed by atoms with Crippen LogP contribution in [0.4, 0.5) is 5.69 Å². The summed E-state index contributed by atoms with van der Waals surface area (Å²) in [6.45, 7) is 8.58. The maximum Gasteiger partial charge on any atom is 0.0363 e. The molecular weight excluding hydrogens is 220 g/mol. The van der Waals surface area contributed by atoms with Gasteiger partial charge in [-0.2, -0.15) is 0 Å². The van der Waals surface area contributed by atoms with Crippen LogP contribution in [0, 0.1) is 5.41 Å². The van der Waals surface area contributed by atoms with Gasteiger partial charge in [-0.25, -0.2) is 0 Å². The molecule has 2 N–H and O–H groups in total. The molecule has 0 atom stereocenters. The fraction of sp³-hybridized carbons (Fsp3) is 0.625. The van der Waals surface area contributed by atoms with Gasteiger partial charge >= 0.3 is 0 Å². The molecule has 102 valence electrons. The van der Waals surface area contributed by atoms with E-state index in [1.54, 1.807) is 0 Å². The van der Waals surface area contributed by atoms with Gasteiger partial charge in [0.15, 0.2) is 0 Å². The molecule has 0 aliphatic heterocycles. The predicted octanol–water partition coefficient (Wildman–Crippen LogP) is 3.45. The number of nitrogens with two attached hydrogens (primary N) is 1. The van der Waals surface area contributed by atoms with E-state index in [-0.39, 0.29) is 5.41 Å². The topological polar surface area (TPSA) is 29.3 Å². The van der Waals surface area contributed by atoms with E-state index in [1.807, 2.05) is 0 Å². The van der Waals surface area contributed by atoms with Crippen molar-refractivity contribution in [3.05, 3.63) is 29.8 Å². The molecule has 18 heavy (non-hydrogen) atoms. The quantitative estimate of drug-likeness (QED) is 0.801. The van der Waals surface area contributed by atoms with Crippen molar-refractivity contribution < 1.29 is 0 Å². The summed E-state index contributed by atoms with van der Waals surface area (Å²) in [4.78, 5) is 2.32. The van der Waals surface area contributed by atoms with Crippen LogP contribution in [0.15, 0.2) is 24.3 Å². The third kappa shape index (κ3) is 4.69. The summed E-state index contributed by atoms with van der Waals surface area (Å²) < 4.78 is 0. The van der Waals surface area contributed by atoms with Gasteiger partial charge in [-0.1, -0.05) is 39.3 Å². The number of hydrogen-bond donors (Lipinski definition) is 1. The lowest BCUT2D eigenvalue weighted by Crippen LogP contribution is -2.32. The summed E-state index contributed by atoms with van der Waals surface area (Å²) >= 11 is 0. The first-order valence-corrected chi connectivity index (χ1v) is 6.98. The fourth-order valence-corrected chi connectivity index (χ4v) is 2.41. The number of benzene rings is 1. The van der Waals surface area contributed by atoms with Gasteiger partial charge in [0.25, 0.3) is 0 Å². The van der Waals surface area contributed by atoms with Crippen LogP contribution in [-0.4, -0.2) is 20.1 Å². The van der Waals surface area contributed by atoms with Gasteiger partial charge in [0.1, 0.15) is 0 Å². The first-order valence-electron chi connectivity index (χ1n) is 6.98. The Balaban J connectivity index is 2.63. The Morgan fingerprint density at radius 1 is 1.17 bits per heavy atom. The van der Waals surface area contributed by atoms with Crippen molar-refractivity contribution in [1.82, 2.24) is 0 Å². The molecule has 0 amide bonds. The Kier molecular flexibility index (Phi) is 5.67. The molecule has 0 radical (unpaired) electrons. The number of hydrogen-bond acceptors (Lipinski definition) is 2. The fourth-order valence-electron chi connectivity index (χ4n) is 2.41. The SMILES string of the molecule is CCCc1ccc(N(C)CC(C)(C)CCN)cc1. The minimum absolute atomic E-state index is 0.269. The summed E-state index contributed by atoms with van der Waals surface area (Å²) in [6, 6.07) is 8.93. The van der Waals surface area contributed by atoms with Gasteiger partial charge in [-0.15, -0.1) is 0 Å². The van der Waals surface area contributed by atoms with Crippen molar-refractivity contribution >= 4 is 5.69 Å². The Morgan fingerprint density at radius 3 is 2.28 bits per heavy atom. The van der Waals surface area contributed by atoms with Crippen LogP contribution >= 0.6 is 0 Å². The minimum atomic E-state index is 0.269. The van der Waals surface area contributed by atoms with Crippen LogP contribution in [0.2, 0.25) is 0 Å². The minimum Gasteiger partial charge on any atom is -0.374 e. The van der Waals surface area contributed by atoms with Crippen molar-refractivity contribution in [2.45, 2.75) is 40.0 Å². The van der Waals surface area contributed by atoms with Crippen LogP contribution in [-0.2, 0) is 6.42 Å². The highest BCUT2D eigenvalue weighted by Gasteiger charge is 2.19. The highest BCUT2D eigenvalue weighted by Crippen LogP contribution is 2.24. The zero-order valence-corrected chi connectivity index (χ0v) is 12.4. The van der Waals surface area contributed by atoms with E-state index in [0.717, 1.165) is 19.5 Å². The summed E-state index contributed by atoms with van der Waals surface area (Å²) in [7, 11) is 2.16. The maximum absolute atomic E-state index is 5.66. The number of aryl methyl sites for hydroxylation is 1. The Labute approximate surface area is 112 Å². The molecule has 1 rings (SSSR count). The zero-order chi connectivity index (χ0) is 13.6. The third-order valence-electron chi connectivity index (χ3n) is 3.40. The average molecular weight is 248 g/mol. The number of anilines is 1. The molecule has 0 unspecified atom stereocenters. The third-order valence-corrected chi connectivity index (χ3v) is 3.40. The second-order valence-corrected chi connectivity index (χ2v) is 5.98. The first kappa shape index (κ1) is 15.0. The Morgan fingerprint density at radius 2 is 1.78 bits per heavy atom. The van der Waals surface area contributed by atoms with E-state index < -0.39 is 0 Å². The lowest BCUT2D eigenvalue weighted by molar-refractivity contribution is 0.347. The molecule has 0 fully saturated rings. The van der Waals surface area contributed by atoms with Gasteiger partial charge in [0.2, 0.25) is 0 Å². The van der Waals surface area contributed by atoms with E-state index in [4.69, 9.17) is 5.73 Å². The molecule has 0 heterocycles. The molecule has 0 saturated carbocycles. The van der Waals surface area contributed by atoms with Gasteiger partial charge in [-0.3, -0.25) is 0 Å². The summed E-state index contributed by atoms with van der Waals surface area (Å²) in [5.74, 6) is 0. The highest BCUT2D eigenvalue weighted by molar-refractivity contribution is 5.47. The maximum atomic E-state index is 5.66. The van der Waals surface area contributed by atoms with Crippen molar-refractivity contribution in [3.63, 3.8) is 0 Å². The van der Waals surface area contributed by atoms with Gasteiger partial charge in [0, 0.05) is 19.3 Å². The second kappa shape index (κ2) is 6.79. The highest BCUT2D eigenvalue weighted by atomic mass is 15.1. The smallest absolute Gasteiger partial charge is 0.0363 e. The molecule has 1 aromatic carbocycles. The van der Waals surface area contributed by atoms with E-state index in [2.05, 4.69) is 57.0 Å². The van der Waals surface area contributed by atoms with E-state index in [9.17, 15) is 0 Å². The molecular formula is C16H28N2. The van der Waals surface area contributed by atoms with Crippen LogP contribution in [0.1, 0.15) is 39.2 Å². The molecule has 2 heteroatoms. The molecule has 0 aromatic heterocycles. The van der Waals surface area contributed by atoms with Gasteiger partial charge < -0.3 is 10.6 Å². The van der Waals surface area contributed by atoms with Crippen LogP contribution in [0.3, 0.4) is 0 Å². The molecule has 0 spiro atoms. The summed E-state index contributed by atoms with van der Waals surface area (Å²) in [5.41, 5.74) is 8.65. The van der Waals surface area contributed by atoms with Crippen LogP contribution in [0.5, 0.6) is 0 Å². The second-order valence-electron chi connectivity index (χ2n) is 5.98. The largest absolute Gasteiger partial charge is 0.374 e. The van der Waals surface area contributed by atoms with Crippen LogP contribution < -0.4 is 10.6 Å². The van der Waals surface area contributed by atoms with Crippen molar-refractivity contribution in [1.29, 1.82) is 0 Å². The molecule has 0 aliphatic carbocycles. The lowest BCUT2D eigenvalue weighted by Gasteiger charge is -2.31. The average Bonchev–Trinajstić information content (AvgIpc) is 2.29. The molecule has 1 aromatic rings. The van der Waals surface area contributed by atoms with Crippen molar-refractivity contribution in [3.8, 4) is 0 Å². The first-order chi connectivity index (χ1) is 8.48. The van der Waals surface area contributed by atoms with Crippen LogP contribution in [0.25, 0.3) is 0 Å². The Hall–Kier alpha value is -1.02. The molecule has 0 aliphatic rings. The summed E-state index contributed by atoms with van der Waals surface area (Å²) in [6.07, 6.45) is 3.44. The number of nitrogens with zero attached hydrogens (tertiary/aromatic N) is 1. The monoisotopic (exact) mass is 248 g/mol. The zero-order valence-electron chi connectivity index (χ0n) is 12.4. The molecule has 0 bridgehead atoms. The van der Waals surface area contributed by atoms with Gasteiger partial charge in [0.05, 0.1) is 0 Å². The normalized spacial score (nSPS) is 11.6.